The Morgan fingerprint density at radius 3 is 2.68 bits per heavy atom. The minimum Gasteiger partial charge on any atom is -0.451 e. The van der Waals surface area contributed by atoms with Gasteiger partial charge in [0.1, 0.15) is 30.1 Å². The van der Waals surface area contributed by atoms with Crippen molar-refractivity contribution in [2.45, 2.75) is 48.7 Å². The Balaban J connectivity index is 1.47. The van der Waals surface area contributed by atoms with Gasteiger partial charge in [0.15, 0.2) is 11.9 Å². The van der Waals surface area contributed by atoms with Gasteiger partial charge in [0, 0.05) is 35.5 Å². The normalized spacial score (nSPS) is 19.1. The SMILES string of the molecule is C[C@@H](S[C@H]1CO[C@H](/C=C/C=C/c2ccc(C#N)cc2F)OC1)[C@@](Cn1cncn1)(OC(=O)CCCO)c1ccc(F)cc1F. The van der Waals surface area contributed by atoms with E-state index < -0.39 is 40.6 Å². The van der Waals surface area contributed by atoms with Crippen molar-refractivity contribution < 1.29 is 37.3 Å². The topological polar surface area (TPSA) is 119 Å². The lowest BCUT2D eigenvalue weighted by molar-refractivity contribution is -0.164. The first-order valence-electron chi connectivity index (χ1n) is 13.8. The number of carbonyl (C=O) groups excluding carboxylic acids is 1. The number of benzene rings is 2. The zero-order chi connectivity index (χ0) is 31.5. The molecule has 3 aromatic rings. The van der Waals surface area contributed by atoms with E-state index in [1.807, 2.05) is 6.07 Å². The average Bonchev–Trinajstić information content (AvgIpc) is 3.52. The molecular formula is C31H31F3N4O5S. The molecule has 0 radical (unpaired) electrons. The van der Waals surface area contributed by atoms with Crippen molar-refractivity contribution in [2.75, 3.05) is 19.8 Å². The smallest absolute Gasteiger partial charge is 0.306 e. The standard InChI is InChI=1S/C31H31F3N4O5S/c1-21(44-25-16-41-30(42-17-25)7-3-2-5-23-9-8-22(15-35)13-27(23)33)31(18-38-20-36-19-37-38,43-29(40)6-4-12-39)26-11-10-24(32)14-28(26)34/h2-3,5,7-11,13-14,19-21,25,30,39H,4,6,12,16-18H2,1H3/b5-2+,7-3+/t21-,25-,30-,31-/m1/s1. The van der Waals surface area contributed by atoms with Crippen LogP contribution in [0.1, 0.15) is 36.5 Å². The van der Waals surface area contributed by atoms with Gasteiger partial charge in [-0.3, -0.25) is 4.79 Å². The van der Waals surface area contributed by atoms with Crippen LogP contribution in [0, 0.1) is 28.8 Å². The highest BCUT2D eigenvalue weighted by Gasteiger charge is 2.46. The van der Waals surface area contributed by atoms with Crippen LogP contribution < -0.4 is 0 Å². The highest BCUT2D eigenvalue weighted by atomic mass is 32.2. The third-order valence-electron chi connectivity index (χ3n) is 6.82. The van der Waals surface area contributed by atoms with Gasteiger partial charge in [-0.25, -0.2) is 22.8 Å². The van der Waals surface area contributed by atoms with Crippen LogP contribution in [0.2, 0.25) is 0 Å². The van der Waals surface area contributed by atoms with Crippen LogP contribution in [0.15, 0.2) is 67.3 Å². The number of halogens is 3. The lowest BCUT2D eigenvalue weighted by atomic mass is 9.89. The Labute approximate surface area is 257 Å². The summed E-state index contributed by atoms with van der Waals surface area (Å²) in [5.41, 5.74) is -1.10. The molecule has 0 aliphatic carbocycles. The Morgan fingerprint density at radius 1 is 1.23 bits per heavy atom. The van der Waals surface area contributed by atoms with Gasteiger partial charge < -0.3 is 19.3 Å². The van der Waals surface area contributed by atoms with Gasteiger partial charge in [-0.05, 0) is 43.7 Å². The summed E-state index contributed by atoms with van der Waals surface area (Å²) in [5, 5.41) is 21.3. The molecule has 4 rings (SSSR count). The van der Waals surface area contributed by atoms with Crippen molar-refractivity contribution >= 4 is 23.8 Å². The van der Waals surface area contributed by atoms with E-state index in [2.05, 4.69) is 10.1 Å². The van der Waals surface area contributed by atoms with E-state index in [4.69, 9.17) is 19.5 Å². The highest BCUT2D eigenvalue weighted by Crippen LogP contribution is 2.42. The number of esters is 1. The number of hydrogen-bond acceptors (Lipinski definition) is 9. The molecule has 1 aromatic heterocycles. The largest absolute Gasteiger partial charge is 0.451 e. The van der Waals surface area contributed by atoms with E-state index >= 15 is 4.39 Å². The van der Waals surface area contributed by atoms with E-state index in [9.17, 15) is 18.7 Å². The summed E-state index contributed by atoms with van der Waals surface area (Å²) in [6.07, 6.45) is 8.59. The minimum atomic E-state index is -1.63. The second-order valence-electron chi connectivity index (χ2n) is 9.94. The number of nitrogens with zero attached hydrogens (tertiary/aromatic N) is 4. The van der Waals surface area contributed by atoms with Crippen molar-refractivity contribution in [3.8, 4) is 6.07 Å². The molecule has 0 bridgehead atoms. The first-order valence-corrected chi connectivity index (χ1v) is 14.7. The number of carbonyl (C=O) groups is 1. The Kier molecular flexibility index (Phi) is 11.7. The van der Waals surface area contributed by atoms with Gasteiger partial charge in [-0.2, -0.15) is 10.4 Å². The molecule has 2 heterocycles. The van der Waals surface area contributed by atoms with E-state index in [0.29, 0.717) is 5.56 Å². The summed E-state index contributed by atoms with van der Waals surface area (Å²) in [6.45, 7) is 1.93. The molecule has 1 aliphatic heterocycles. The molecule has 44 heavy (non-hydrogen) atoms. The molecule has 0 unspecified atom stereocenters. The summed E-state index contributed by atoms with van der Waals surface area (Å²) in [4.78, 5) is 16.9. The molecule has 2 aromatic carbocycles. The van der Waals surface area contributed by atoms with Crippen molar-refractivity contribution in [3.63, 3.8) is 0 Å². The molecule has 2 atom stereocenters. The fourth-order valence-electron chi connectivity index (χ4n) is 4.60. The van der Waals surface area contributed by atoms with Crippen molar-refractivity contribution in [1.82, 2.24) is 14.8 Å². The maximum Gasteiger partial charge on any atom is 0.306 e. The summed E-state index contributed by atoms with van der Waals surface area (Å²) in [5.74, 6) is -2.83. The number of thioether (sulfide) groups is 1. The molecule has 0 saturated carbocycles. The molecule has 9 nitrogen and oxygen atoms in total. The molecule has 13 heteroatoms. The van der Waals surface area contributed by atoms with E-state index in [1.54, 1.807) is 31.2 Å². The van der Waals surface area contributed by atoms with E-state index in [0.717, 1.165) is 18.2 Å². The Morgan fingerprint density at radius 2 is 2.02 bits per heavy atom. The monoisotopic (exact) mass is 628 g/mol. The van der Waals surface area contributed by atoms with Gasteiger partial charge >= 0.3 is 5.97 Å². The number of ether oxygens (including phenoxy) is 3. The zero-order valence-corrected chi connectivity index (χ0v) is 24.6. The fourth-order valence-corrected chi connectivity index (χ4v) is 5.96. The van der Waals surface area contributed by atoms with Crippen LogP contribution in [0.4, 0.5) is 13.2 Å². The van der Waals surface area contributed by atoms with E-state index in [-0.39, 0.29) is 55.6 Å². The minimum absolute atomic E-state index is 0.0318. The summed E-state index contributed by atoms with van der Waals surface area (Å²) < 4.78 is 62.4. The number of allylic oxidation sites excluding steroid dienone is 2. The van der Waals surface area contributed by atoms with Gasteiger partial charge in [-0.1, -0.05) is 24.3 Å². The molecule has 0 spiro atoms. The van der Waals surface area contributed by atoms with E-state index in [1.165, 1.54) is 47.3 Å². The number of nitriles is 1. The third-order valence-corrected chi connectivity index (χ3v) is 8.26. The molecule has 1 aliphatic rings. The second-order valence-corrected chi connectivity index (χ2v) is 11.6. The van der Waals surface area contributed by atoms with Gasteiger partial charge in [0.25, 0.3) is 0 Å². The van der Waals surface area contributed by atoms with Crippen LogP contribution in [0.25, 0.3) is 6.08 Å². The fraction of sp³-hybridized carbons (Fsp3) is 0.355. The van der Waals surface area contributed by atoms with Gasteiger partial charge in [0.05, 0.1) is 36.6 Å². The molecule has 1 saturated heterocycles. The Bertz CT molecular complexity index is 1510. The highest BCUT2D eigenvalue weighted by molar-refractivity contribution is 8.00. The average molecular weight is 629 g/mol. The quantitative estimate of drug-likeness (QED) is 0.208. The first-order chi connectivity index (χ1) is 21.2. The zero-order valence-electron chi connectivity index (χ0n) is 23.8. The third kappa shape index (κ3) is 8.57. The van der Waals surface area contributed by atoms with Gasteiger partial charge in [0.2, 0.25) is 0 Å². The van der Waals surface area contributed by atoms with Crippen LogP contribution in [0.3, 0.4) is 0 Å². The lowest BCUT2D eigenvalue weighted by Crippen LogP contribution is -2.47. The lowest BCUT2D eigenvalue weighted by Gasteiger charge is -2.40. The summed E-state index contributed by atoms with van der Waals surface area (Å²) >= 11 is 1.35. The number of hydrogen-bond donors (Lipinski definition) is 1. The molecule has 1 N–H and O–H groups in total. The van der Waals surface area contributed by atoms with Crippen molar-refractivity contribution in [1.29, 1.82) is 5.26 Å². The number of aliphatic hydroxyl groups excluding tert-OH is 1. The van der Waals surface area contributed by atoms with Crippen LogP contribution in [-0.4, -0.2) is 62.5 Å². The number of aliphatic hydroxyl groups is 1. The molecule has 0 amide bonds. The van der Waals surface area contributed by atoms with Crippen LogP contribution in [-0.2, 0) is 31.2 Å². The summed E-state index contributed by atoms with van der Waals surface area (Å²) in [6, 6.07) is 9.18. The van der Waals surface area contributed by atoms with Crippen molar-refractivity contribution in [3.05, 3.63) is 101 Å². The molecule has 232 valence electrons. The maximum absolute atomic E-state index is 15.4. The maximum atomic E-state index is 15.4. The predicted molar refractivity (Wildman–Crippen MR) is 156 cm³/mol. The number of aromatic nitrogens is 3. The predicted octanol–water partition coefficient (Wildman–Crippen LogP) is 4.91. The van der Waals surface area contributed by atoms with Crippen LogP contribution in [0.5, 0.6) is 0 Å². The van der Waals surface area contributed by atoms with Crippen LogP contribution >= 0.6 is 11.8 Å². The summed E-state index contributed by atoms with van der Waals surface area (Å²) in [7, 11) is 0. The number of rotatable bonds is 13. The first kappa shape index (κ1) is 32.9. The Hall–Kier alpha value is -3.96. The molecular weight excluding hydrogens is 597 g/mol. The van der Waals surface area contributed by atoms with Gasteiger partial charge in [-0.15, -0.1) is 11.8 Å². The second kappa shape index (κ2) is 15.7. The van der Waals surface area contributed by atoms with Crippen molar-refractivity contribution in [2.24, 2.45) is 0 Å². The molecule has 1 fully saturated rings.